The largest absolute Gasteiger partial charge is 0.340 e. The van der Waals surface area contributed by atoms with Crippen LogP contribution in [0.2, 0.25) is 0 Å². The fourth-order valence-corrected chi connectivity index (χ4v) is 4.48. The van der Waals surface area contributed by atoms with E-state index in [4.69, 9.17) is 0 Å². The van der Waals surface area contributed by atoms with E-state index in [0.717, 1.165) is 32.6 Å². The average molecular weight is 495 g/mol. The summed E-state index contributed by atoms with van der Waals surface area (Å²) in [5.74, 6) is -1.46. The highest BCUT2D eigenvalue weighted by Crippen LogP contribution is 2.30. The molecule has 9 nitrogen and oxygen atoms in total. The predicted molar refractivity (Wildman–Crippen MR) is 139 cm³/mol. The van der Waals surface area contributed by atoms with Crippen LogP contribution in [-0.2, 0) is 16.1 Å². The number of barbiturate groups is 1. The summed E-state index contributed by atoms with van der Waals surface area (Å²) in [6.45, 7) is 4.21. The molecule has 0 spiro atoms. The first kappa shape index (κ1) is 23.7. The van der Waals surface area contributed by atoms with Gasteiger partial charge in [0.2, 0.25) is 0 Å². The molecule has 1 aromatic heterocycles. The molecule has 1 N–H and O–H groups in total. The summed E-state index contributed by atoms with van der Waals surface area (Å²) in [6, 6.07) is 20.0. The second kappa shape index (κ2) is 9.19. The molecule has 0 bridgehead atoms. The lowest BCUT2D eigenvalue weighted by Gasteiger charge is -2.26. The van der Waals surface area contributed by atoms with E-state index >= 15 is 0 Å². The third-order valence-electron chi connectivity index (χ3n) is 6.45. The Morgan fingerprint density at radius 1 is 0.919 bits per heavy atom. The molecule has 4 amide bonds. The quantitative estimate of drug-likeness (QED) is 0.184. The van der Waals surface area contributed by atoms with E-state index in [0.29, 0.717) is 17.8 Å². The first-order valence-electron chi connectivity index (χ1n) is 11.5. The van der Waals surface area contributed by atoms with Crippen LogP contribution in [0.4, 0.5) is 16.2 Å². The monoisotopic (exact) mass is 494 g/mol. The van der Waals surface area contributed by atoms with E-state index < -0.39 is 22.8 Å². The SMILES string of the molecule is Cc1ccc(N2C(=O)NC(=O)C(=Cc3c(C)n(Cc4ccc([N+](=O)[O-])cc4)c4ccccc34)C2=O)cc1. The Balaban J connectivity index is 1.58. The summed E-state index contributed by atoms with van der Waals surface area (Å²) < 4.78 is 2.02. The molecule has 9 heteroatoms. The number of benzene rings is 3. The number of hydrogen-bond donors (Lipinski definition) is 1. The summed E-state index contributed by atoms with van der Waals surface area (Å²) in [7, 11) is 0. The topological polar surface area (TPSA) is 115 Å². The van der Waals surface area contributed by atoms with Crippen molar-refractivity contribution >= 4 is 46.2 Å². The number of nitro groups is 1. The zero-order chi connectivity index (χ0) is 26.3. The molecule has 1 aliphatic rings. The summed E-state index contributed by atoms with van der Waals surface area (Å²) in [5, 5.41) is 14.1. The highest BCUT2D eigenvalue weighted by atomic mass is 16.6. The number of fused-ring (bicyclic) bond motifs is 1. The molecule has 0 radical (unpaired) electrons. The van der Waals surface area contributed by atoms with Crippen LogP contribution in [-0.4, -0.2) is 27.3 Å². The third-order valence-corrected chi connectivity index (χ3v) is 6.45. The van der Waals surface area contributed by atoms with Crippen LogP contribution in [0, 0.1) is 24.0 Å². The Morgan fingerprint density at radius 2 is 1.59 bits per heavy atom. The number of hydrogen-bond acceptors (Lipinski definition) is 5. The van der Waals surface area contributed by atoms with Gasteiger partial charge in [0.05, 0.1) is 10.6 Å². The Hall–Kier alpha value is -5.05. The van der Waals surface area contributed by atoms with Gasteiger partial charge in [0, 0.05) is 40.8 Å². The van der Waals surface area contributed by atoms with Crippen LogP contribution in [0.3, 0.4) is 0 Å². The van der Waals surface area contributed by atoms with Gasteiger partial charge in [-0.1, -0.05) is 48.0 Å². The minimum Gasteiger partial charge on any atom is -0.340 e. The number of para-hydroxylation sites is 1. The summed E-state index contributed by atoms with van der Waals surface area (Å²) >= 11 is 0. The van der Waals surface area contributed by atoms with Gasteiger partial charge < -0.3 is 4.57 Å². The molecule has 5 rings (SSSR count). The number of amides is 4. The van der Waals surface area contributed by atoms with E-state index in [1.54, 1.807) is 36.4 Å². The van der Waals surface area contributed by atoms with Gasteiger partial charge in [0.1, 0.15) is 5.57 Å². The van der Waals surface area contributed by atoms with E-state index in [1.807, 2.05) is 42.7 Å². The second-order valence-electron chi connectivity index (χ2n) is 8.82. The summed E-state index contributed by atoms with van der Waals surface area (Å²) in [6.07, 6.45) is 1.52. The van der Waals surface area contributed by atoms with Gasteiger partial charge in [-0.25, -0.2) is 9.69 Å². The molecule has 1 aliphatic heterocycles. The predicted octanol–water partition coefficient (Wildman–Crippen LogP) is 4.88. The second-order valence-corrected chi connectivity index (χ2v) is 8.82. The number of nitro benzene ring substituents is 1. The van der Waals surface area contributed by atoms with Gasteiger partial charge in [0.25, 0.3) is 17.5 Å². The van der Waals surface area contributed by atoms with Crippen molar-refractivity contribution in [3.63, 3.8) is 0 Å². The number of urea groups is 1. The lowest BCUT2D eigenvalue weighted by molar-refractivity contribution is -0.384. The van der Waals surface area contributed by atoms with Crippen molar-refractivity contribution in [3.05, 3.63) is 111 Å². The van der Waals surface area contributed by atoms with Crippen LogP contribution in [0.15, 0.2) is 78.4 Å². The molecule has 2 heterocycles. The number of aromatic nitrogens is 1. The maximum absolute atomic E-state index is 13.4. The zero-order valence-corrected chi connectivity index (χ0v) is 20.1. The number of rotatable bonds is 5. The molecule has 0 unspecified atom stereocenters. The van der Waals surface area contributed by atoms with Crippen LogP contribution in [0.25, 0.3) is 17.0 Å². The third kappa shape index (κ3) is 4.27. The number of non-ortho nitro benzene ring substituents is 1. The normalized spacial score (nSPS) is 14.9. The number of nitrogens with one attached hydrogen (secondary N) is 1. The molecule has 4 aromatic rings. The molecule has 0 saturated carbocycles. The minimum atomic E-state index is -0.798. The molecular formula is C28H22N4O5. The van der Waals surface area contributed by atoms with Crippen molar-refractivity contribution in [1.82, 2.24) is 9.88 Å². The van der Waals surface area contributed by atoms with Crippen LogP contribution in [0.5, 0.6) is 0 Å². The molecular weight excluding hydrogens is 472 g/mol. The smallest absolute Gasteiger partial charge is 0.335 e. The van der Waals surface area contributed by atoms with Crippen LogP contribution < -0.4 is 10.2 Å². The average Bonchev–Trinajstić information content (AvgIpc) is 3.13. The van der Waals surface area contributed by atoms with Crippen molar-refractivity contribution in [2.45, 2.75) is 20.4 Å². The van der Waals surface area contributed by atoms with Gasteiger partial charge in [-0.05, 0) is 43.7 Å². The standard InChI is InChI=1S/C28H22N4O5/c1-17-7-11-20(12-8-17)31-27(34)24(26(33)29-28(31)35)15-23-18(2)30(25-6-4-3-5-22(23)25)16-19-9-13-21(14-10-19)32(36)37/h3-15H,16H2,1-2H3,(H,29,33,35). The molecule has 1 saturated heterocycles. The molecule has 184 valence electrons. The van der Waals surface area contributed by atoms with Crippen molar-refractivity contribution in [2.24, 2.45) is 0 Å². The van der Waals surface area contributed by atoms with Gasteiger partial charge in [-0.3, -0.25) is 25.0 Å². The fourth-order valence-electron chi connectivity index (χ4n) is 4.48. The summed E-state index contributed by atoms with van der Waals surface area (Å²) in [4.78, 5) is 50.2. The zero-order valence-electron chi connectivity index (χ0n) is 20.1. The maximum atomic E-state index is 13.4. The summed E-state index contributed by atoms with van der Waals surface area (Å²) in [5.41, 5.74) is 4.40. The molecule has 37 heavy (non-hydrogen) atoms. The molecule has 3 aromatic carbocycles. The van der Waals surface area contributed by atoms with Gasteiger partial charge in [-0.15, -0.1) is 0 Å². The lowest BCUT2D eigenvalue weighted by atomic mass is 10.0. The Bertz CT molecular complexity index is 1620. The van der Waals surface area contributed by atoms with Crippen molar-refractivity contribution in [2.75, 3.05) is 4.90 Å². The fraction of sp³-hybridized carbons (Fsp3) is 0.107. The number of imide groups is 2. The molecule has 0 aliphatic carbocycles. The number of carbonyl (C=O) groups is 3. The van der Waals surface area contributed by atoms with Crippen LogP contribution in [0.1, 0.15) is 22.4 Å². The van der Waals surface area contributed by atoms with Crippen molar-refractivity contribution in [1.29, 1.82) is 0 Å². The number of anilines is 1. The number of nitrogens with zero attached hydrogens (tertiary/aromatic N) is 3. The number of aryl methyl sites for hydroxylation is 1. The molecule has 0 atom stereocenters. The Kier molecular flexibility index (Phi) is 5.88. The molecule has 1 fully saturated rings. The van der Waals surface area contributed by atoms with Gasteiger partial charge in [-0.2, -0.15) is 0 Å². The van der Waals surface area contributed by atoms with Gasteiger partial charge in [0.15, 0.2) is 0 Å². The van der Waals surface area contributed by atoms with Crippen molar-refractivity contribution in [3.8, 4) is 0 Å². The Morgan fingerprint density at radius 3 is 2.27 bits per heavy atom. The van der Waals surface area contributed by atoms with E-state index in [-0.39, 0.29) is 11.3 Å². The highest BCUT2D eigenvalue weighted by molar-refractivity contribution is 6.39. The first-order valence-corrected chi connectivity index (χ1v) is 11.5. The van der Waals surface area contributed by atoms with Gasteiger partial charge >= 0.3 is 6.03 Å². The van der Waals surface area contributed by atoms with Crippen molar-refractivity contribution < 1.29 is 19.3 Å². The lowest BCUT2D eigenvalue weighted by Crippen LogP contribution is -2.54. The van der Waals surface area contributed by atoms with E-state index in [1.165, 1.54) is 18.2 Å². The first-order chi connectivity index (χ1) is 17.7. The highest BCUT2D eigenvalue weighted by Gasteiger charge is 2.37. The van der Waals surface area contributed by atoms with E-state index in [9.17, 15) is 24.5 Å². The van der Waals surface area contributed by atoms with E-state index in [2.05, 4.69) is 5.32 Å². The van der Waals surface area contributed by atoms with Crippen LogP contribution >= 0.6 is 0 Å². The number of carbonyl (C=O) groups excluding carboxylic acids is 3. The Labute approximate surface area is 211 Å². The minimum absolute atomic E-state index is 0.0118. The maximum Gasteiger partial charge on any atom is 0.335 e.